The second kappa shape index (κ2) is 7.69. The summed E-state index contributed by atoms with van der Waals surface area (Å²) in [6, 6.07) is 7.93. The van der Waals surface area contributed by atoms with Gasteiger partial charge in [0, 0.05) is 29.8 Å². The number of hydrogen-bond donors (Lipinski definition) is 2. The minimum atomic E-state index is -0.908. The van der Waals surface area contributed by atoms with Crippen molar-refractivity contribution in [3.05, 3.63) is 59.0 Å². The van der Waals surface area contributed by atoms with E-state index in [9.17, 15) is 14.0 Å². The molecule has 0 unspecified atom stereocenters. The Labute approximate surface area is 159 Å². The summed E-state index contributed by atoms with van der Waals surface area (Å²) in [5.41, 5.74) is 1.66. The molecule has 28 heavy (non-hydrogen) atoms. The van der Waals surface area contributed by atoms with Crippen molar-refractivity contribution in [2.24, 2.45) is 5.41 Å². The molecule has 3 rings (SSSR count). The fourth-order valence-corrected chi connectivity index (χ4v) is 2.67. The molecule has 3 aromatic rings. The number of halogens is 1. The average Bonchev–Trinajstić information content (AvgIpc) is 3.22. The van der Waals surface area contributed by atoms with E-state index in [1.165, 1.54) is 21.8 Å². The van der Waals surface area contributed by atoms with Crippen LogP contribution in [0.1, 0.15) is 20.3 Å². The Hall–Kier alpha value is -3.40. The number of tetrazole rings is 1. The van der Waals surface area contributed by atoms with Crippen molar-refractivity contribution in [3.63, 3.8) is 0 Å². The SMILES string of the molecule is CC(C)(CCn1cc(F)c(-c2ccc(-n3ncnn3)cc2)cc1=O)C(=O)NO. The summed E-state index contributed by atoms with van der Waals surface area (Å²) in [7, 11) is 0. The summed E-state index contributed by atoms with van der Waals surface area (Å²) in [5.74, 6) is -1.13. The third kappa shape index (κ3) is 3.96. The van der Waals surface area contributed by atoms with Gasteiger partial charge >= 0.3 is 0 Å². The number of pyridine rings is 1. The van der Waals surface area contributed by atoms with Gasteiger partial charge in [-0.2, -0.15) is 0 Å². The van der Waals surface area contributed by atoms with Gasteiger partial charge in [0.25, 0.3) is 5.56 Å². The maximum atomic E-state index is 14.6. The van der Waals surface area contributed by atoms with Gasteiger partial charge in [-0.05, 0) is 29.3 Å². The van der Waals surface area contributed by atoms with Gasteiger partial charge in [0.2, 0.25) is 5.91 Å². The number of nitrogens with one attached hydrogen (secondary N) is 1. The number of benzene rings is 1. The third-order valence-electron chi connectivity index (χ3n) is 4.53. The minimum Gasteiger partial charge on any atom is -0.313 e. The first-order valence-corrected chi connectivity index (χ1v) is 8.50. The van der Waals surface area contributed by atoms with Crippen molar-refractivity contribution >= 4 is 5.91 Å². The molecule has 2 N–H and O–H groups in total. The molecule has 0 aliphatic heterocycles. The summed E-state index contributed by atoms with van der Waals surface area (Å²) in [6.45, 7) is 3.38. The summed E-state index contributed by atoms with van der Waals surface area (Å²) in [6.07, 6.45) is 2.67. The van der Waals surface area contributed by atoms with Crippen LogP contribution < -0.4 is 11.0 Å². The second-order valence-corrected chi connectivity index (χ2v) is 6.91. The molecule has 146 valence electrons. The fourth-order valence-electron chi connectivity index (χ4n) is 2.67. The zero-order valence-corrected chi connectivity index (χ0v) is 15.3. The smallest absolute Gasteiger partial charge is 0.251 e. The van der Waals surface area contributed by atoms with Crippen molar-refractivity contribution in [2.75, 3.05) is 0 Å². The molecular weight excluding hydrogens is 367 g/mol. The number of aryl methyl sites for hydroxylation is 1. The highest BCUT2D eigenvalue weighted by Crippen LogP contribution is 2.24. The van der Waals surface area contributed by atoms with Gasteiger partial charge < -0.3 is 4.57 Å². The van der Waals surface area contributed by atoms with Crippen LogP contribution in [0.5, 0.6) is 0 Å². The Bertz CT molecular complexity index is 1030. The predicted octanol–water partition coefficient (Wildman–Crippen LogP) is 1.55. The lowest BCUT2D eigenvalue weighted by molar-refractivity contribution is -0.138. The zero-order valence-electron chi connectivity index (χ0n) is 15.3. The first kappa shape index (κ1) is 19.4. The highest BCUT2D eigenvalue weighted by molar-refractivity contribution is 5.80. The Morgan fingerprint density at radius 2 is 2.00 bits per heavy atom. The maximum absolute atomic E-state index is 14.6. The molecule has 0 spiro atoms. The van der Waals surface area contributed by atoms with E-state index in [-0.39, 0.29) is 18.5 Å². The highest BCUT2D eigenvalue weighted by Gasteiger charge is 2.27. The number of amides is 1. The van der Waals surface area contributed by atoms with Crippen LogP contribution >= 0.6 is 0 Å². The molecular formula is C18H19FN6O3. The molecule has 10 heteroatoms. The van der Waals surface area contributed by atoms with E-state index in [2.05, 4.69) is 15.4 Å². The van der Waals surface area contributed by atoms with Crippen LogP contribution in [0.3, 0.4) is 0 Å². The van der Waals surface area contributed by atoms with Gasteiger partial charge in [-0.1, -0.05) is 26.0 Å². The van der Waals surface area contributed by atoms with Gasteiger partial charge in [-0.25, -0.2) is 9.87 Å². The molecule has 0 atom stereocenters. The Kier molecular flexibility index (Phi) is 5.32. The largest absolute Gasteiger partial charge is 0.313 e. The molecule has 0 aliphatic carbocycles. The van der Waals surface area contributed by atoms with Crippen LogP contribution in [0.4, 0.5) is 4.39 Å². The number of rotatable bonds is 6. The van der Waals surface area contributed by atoms with Crippen LogP contribution in [0.25, 0.3) is 16.8 Å². The topological polar surface area (TPSA) is 115 Å². The van der Waals surface area contributed by atoms with Crippen LogP contribution in [-0.2, 0) is 11.3 Å². The standard InChI is InChI=1S/C18H19FN6O3/c1-18(2,17(27)22-28)7-8-24-10-15(19)14(9-16(24)26)12-3-5-13(6-4-12)25-21-11-20-23-25/h3-6,9-11,28H,7-8H2,1-2H3,(H,22,27). The number of carbonyl (C=O) groups is 1. The average molecular weight is 386 g/mol. The molecule has 2 aromatic heterocycles. The zero-order chi connectivity index (χ0) is 20.3. The van der Waals surface area contributed by atoms with Gasteiger partial charge in [-0.15, -0.1) is 15.0 Å². The maximum Gasteiger partial charge on any atom is 0.251 e. The molecule has 0 aliphatic rings. The van der Waals surface area contributed by atoms with E-state index >= 15 is 0 Å². The molecule has 0 fully saturated rings. The summed E-state index contributed by atoms with van der Waals surface area (Å²) in [4.78, 5) is 25.3. The van der Waals surface area contributed by atoms with Gasteiger partial charge in [0.1, 0.15) is 5.82 Å². The molecule has 1 aromatic carbocycles. The number of aromatic nitrogens is 5. The lowest BCUT2D eigenvalue weighted by Crippen LogP contribution is -2.36. The molecule has 0 radical (unpaired) electrons. The van der Waals surface area contributed by atoms with Gasteiger partial charge in [0.15, 0.2) is 6.33 Å². The van der Waals surface area contributed by atoms with Crippen molar-refractivity contribution < 1.29 is 14.4 Å². The molecule has 0 bridgehead atoms. The summed E-state index contributed by atoms with van der Waals surface area (Å²) < 4.78 is 15.8. The summed E-state index contributed by atoms with van der Waals surface area (Å²) in [5, 5.41) is 20.1. The van der Waals surface area contributed by atoms with Crippen LogP contribution in [0.2, 0.25) is 0 Å². The van der Waals surface area contributed by atoms with E-state index in [4.69, 9.17) is 5.21 Å². The van der Waals surface area contributed by atoms with Gasteiger partial charge in [0.05, 0.1) is 5.69 Å². The Morgan fingerprint density at radius 3 is 2.61 bits per heavy atom. The quantitative estimate of drug-likeness (QED) is 0.491. The first-order chi connectivity index (χ1) is 13.3. The monoisotopic (exact) mass is 386 g/mol. The van der Waals surface area contributed by atoms with Crippen LogP contribution in [0, 0.1) is 11.2 Å². The summed E-state index contributed by atoms with van der Waals surface area (Å²) >= 11 is 0. The molecule has 9 nitrogen and oxygen atoms in total. The van der Waals surface area contributed by atoms with Crippen LogP contribution in [-0.4, -0.2) is 35.9 Å². The lowest BCUT2D eigenvalue weighted by atomic mass is 9.88. The Balaban J connectivity index is 1.82. The van der Waals surface area contributed by atoms with E-state index < -0.39 is 22.7 Å². The normalized spacial score (nSPS) is 11.4. The van der Waals surface area contributed by atoms with E-state index in [1.807, 2.05) is 0 Å². The predicted molar refractivity (Wildman–Crippen MR) is 97.1 cm³/mol. The van der Waals surface area contributed by atoms with E-state index in [0.717, 1.165) is 6.20 Å². The second-order valence-electron chi connectivity index (χ2n) is 6.91. The van der Waals surface area contributed by atoms with E-state index in [1.54, 1.807) is 43.6 Å². The minimum absolute atomic E-state index is 0.132. The lowest BCUT2D eigenvalue weighted by Gasteiger charge is -2.22. The number of hydrogen-bond acceptors (Lipinski definition) is 6. The third-order valence-corrected chi connectivity index (χ3v) is 4.53. The highest BCUT2D eigenvalue weighted by atomic mass is 19.1. The van der Waals surface area contributed by atoms with Crippen LogP contribution in [0.15, 0.2) is 47.7 Å². The number of carbonyl (C=O) groups excluding carboxylic acids is 1. The van der Waals surface area contributed by atoms with Crippen molar-refractivity contribution in [3.8, 4) is 16.8 Å². The number of nitrogens with zero attached hydrogens (tertiary/aromatic N) is 5. The molecule has 2 heterocycles. The molecule has 0 saturated carbocycles. The van der Waals surface area contributed by atoms with Crippen molar-refractivity contribution in [2.45, 2.75) is 26.8 Å². The van der Waals surface area contributed by atoms with Crippen molar-refractivity contribution in [1.82, 2.24) is 30.3 Å². The number of hydroxylamine groups is 1. The molecule has 0 saturated heterocycles. The Morgan fingerprint density at radius 1 is 1.29 bits per heavy atom. The van der Waals surface area contributed by atoms with Gasteiger partial charge in [-0.3, -0.25) is 14.8 Å². The first-order valence-electron chi connectivity index (χ1n) is 8.50. The fraction of sp³-hybridized carbons (Fsp3) is 0.278. The van der Waals surface area contributed by atoms with Crippen molar-refractivity contribution in [1.29, 1.82) is 0 Å². The molecule has 1 amide bonds. The van der Waals surface area contributed by atoms with E-state index in [0.29, 0.717) is 11.3 Å².